The zero-order chi connectivity index (χ0) is 18.3. The Morgan fingerprint density at radius 3 is 2.77 bits per heavy atom. The van der Waals surface area contributed by atoms with E-state index < -0.39 is 0 Å². The van der Waals surface area contributed by atoms with Crippen LogP contribution in [-0.2, 0) is 11.3 Å². The number of fused-ring (bicyclic) bond motifs is 1. The lowest BCUT2D eigenvalue weighted by atomic mass is 9.96. The molecule has 26 heavy (non-hydrogen) atoms. The van der Waals surface area contributed by atoms with Crippen molar-refractivity contribution >= 4 is 27.5 Å². The van der Waals surface area contributed by atoms with E-state index in [0.29, 0.717) is 23.6 Å². The molecule has 6 nitrogen and oxygen atoms in total. The number of hydrogen-bond donors (Lipinski definition) is 0. The number of piperidine rings is 1. The van der Waals surface area contributed by atoms with Gasteiger partial charge in [0.2, 0.25) is 5.91 Å². The molecule has 3 aromatic rings. The van der Waals surface area contributed by atoms with Crippen LogP contribution >= 0.6 is 11.3 Å². The summed E-state index contributed by atoms with van der Waals surface area (Å²) in [6, 6.07) is 3.79. The molecule has 4 heterocycles. The molecule has 1 fully saturated rings. The monoisotopic (exact) mass is 371 g/mol. The van der Waals surface area contributed by atoms with Crippen LogP contribution in [-0.4, -0.2) is 33.4 Å². The molecule has 4 rings (SSSR count). The number of likely N-dealkylation sites (tertiary alicyclic amines) is 1. The quantitative estimate of drug-likeness (QED) is 0.708. The number of nitrogens with zero attached hydrogens (tertiary/aromatic N) is 3. The topological polar surface area (TPSA) is 68.3 Å². The van der Waals surface area contributed by atoms with Gasteiger partial charge in [-0.05, 0) is 37.8 Å². The van der Waals surface area contributed by atoms with E-state index in [-0.39, 0.29) is 11.5 Å². The Morgan fingerprint density at radius 1 is 1.35 bits per heavy atom. The number of furan rings is 1. The van der Waals surface area contributed by atoms with Gasteiger partial charge in [0.05, 0.1) is 11.7 Å². The van der Waals surface area contributed by atoms with E-state index in [1.165, 1.54) is 11.3 Å². The molecule has 1 aliphatic heterocycles. The lowest BCUT2D eigenvalue weighted by Crippen LogP contribution is -2.38. The summed E-state index contributed by atoms with van der Waals surface area (Å²) in [5.41, 5.74) is 0.797. The van der Waals surface area contributed by atoms with Crippen LogP contribution in [0.2, 0.25) is 0 Å². The van der Waals surface area contributed by atoms with Gasteiger partial charge in [0.1, 0.15) is 16.4 Å². The van der Waals surface area contributed by atoms with Gasteiger partial charge in [0.25, 0.3) is 5.56 Å². The van der Waals surface area contributed by atoms with Crippen molar-refractivity contribution in [2.75, 3.05) is 13.1 Å². The molecule has 0 atom stereocenters. The van der Waals surface area contributed by atoms with Crippen LogP contribution in [0, 0.1) is 12.8 Å². The van der Waals surface area contributed by atoms with Crippen molar-refractivity contribution in [1.82, 2.24) is 14.5 Å². The Balaban J connectivity index is 1.62. The van der Waals surface area contributed by atoms with Gasteiger partial charge in [-0.3, -0.25) is 14.2 Å². The molecule has 1 saturated heterocycles. The Hall–Kier alpha value is -2.41. The molecule has 0 N–H and O–H groups in total. The molecule has 0 radical (unpaired) electrons. The van der Waals surface area contributed by atoms with Crippen LogP contribution < -0.4 is 5.56 Å². The highest BCUT2D eigenvalue weighted by Crippen LogP contribution is 2.31. The number of aryl methyl sites for hydroxylation is 1. The first-order valence-corrected chi connectivity index (χ1v) is 9.70. The molecule has 1 amide bonds. The molecular weight excluding hydrogens is 350 g/mol. The summed E-state index contributed by atoms with van der Waals surface area (Å²) in [5.74, 6) is 2.04. The molecule has 0 aliphatic carbocycles. The average molecular weight is 371 g/mol. The third-order valence-electron chi connectivity index (χ3n) is 5.08. The summed E-state index contributed by atoms with van der Waals surface area (Å²) in [6.07, 6.45) is 3.48. The van der Waals surface area contributed by atoms with E-state index in [2.05, 4.69) is 4.98 Å². The molecule has 3 aromatic heterocycles. The van der Waals surface area contributed by atoms with Gasteiger partial charge < -0.3 is 9.32 Å². The van der Waals surface area contributed by atoms with Crippen LogP contribution in [0.25, 0.3) is 21.5 Å². The first-order valence-electron chi connectivity index (χ1n) is 8.82. The molecule has 136 valence electrons. The minimum absolute atomic E-state index is 0.0192. The molecule has 7 heteroatoms. The van der Waals surface area contributed by atoms with Crippen molar-refractivity contribution in [3.63, 3.8) is 0 Å². The highest BCUT2D eigenvalue weighted by atomic mass is 32.1. The second-order valence-corrected chi connectivity index (χ2v) is 7.75. The van der Waals surface area contributed by atoms with Crippen molar-refractivity contribution in [3.05, 3.63) is 40.0 Å². The Bertz CT molecular complexity index is 1010. The fourth-order valence-electron chi connectivity index (χ4n) is 3.57. The Kier molecular flexibility index (Phi) is 4.40. The standard InChI is InChI=1S/C19H21N3O3S/c1-12-3-4-16(25-12)15-10-26-18-17(15)19(24)22(11-20-18)9-14-5-7-21(8-6-14)13(2)23/h3-4,10-11,14H,5-9H2,1-2H3. The maximum atomic E-state index is 13.1. The molecular formula is C19H21N3O3S. The maximum absolute atomic E-state index is 13.1. The van der Waals surface area contributed by atoms with Crippen LogP contribution in [0.3, 0.4) is 0 Å². The summed E-state index contributed by atoms with van der Waals surface area (Å²) < 4.78 is 7.42. The van der Waals surface area contributed by atoms with Crippen molar-refractivity contribution in [2.24, 2.45) is 5.92 Å². The number of carbonyl (C=O) groups is 1. The molecule has 0 saturated carbocycles. The first kappa shape index (κ1) is 17.0. The fraction of sp³-hybridized carbons (Fsp3) is 0.421. The third-order valence-corrected chi connectivity index (χ3v) is 5.97. The highest BCUT2D eigenvalue weighted by Gasteiger charge is 2.22. The van der Waals surface area contributed by atoms with E-state index in [0.717, 1.165) is 42.1 Å². The van der Waals surface area contributed by atoms with Crippen LogP contribution in [0.15, 0.2) is 33.1 Å². The summed E-state index contributed by atoms with van der Waals surface area (Å²) in [6.45, 7) is 5.67. The van der Waals surface area contributed by atoms with Crippen molar-refractivity contribution < 1.29 is 9.21 Å². The molecule has 0 bridgehead atoms. The van der Waals surface area contributed by atoms with E-state index in [9.17, 15) is 9.59 Å². The first-order chi connectivity index (χ1) is 12.5. The van der Waals surface area contributed by atoms with E-state index in [1.807, 2.05) is 29.3 Å². The minimum Gasteiger partial charge on any atom is -0.461 e. The van der Waals surface area contributed by atoms with Crippen molar-refractivity contribution in [2.45, 2.75) is 33.2 Å². The van der Waals surface area contributed by atoms with Gasteiger partial charge in [0.15, 0.2) is 0 Å². The Labute approximate surface area is 155 Å². The van der Waals surface area contributed by atoms with Gasteiger partial charge in [-0.2, -0.15) is 0 Å². The lowest BCUT2D eigenvalue weighted by molar-refractivity contribution is -0.130. The third kappa shape index (κ3) is 3.07. The molecule has 1 aliphatic rings. The van der Waals surface area contributed by atoms with Gasteiger partial charge in [0, 0.05) is 37.5 Å². The number of thiophene rings is 1. The van der Waals surface area contributed by atoms with E-state index >= 15 is 0 Å². The summed E-state index contributed by atoms with van der Waals surface area (Å²) in [5, 5.41) is 2.57. The average Bonchev–Trinajstić information content (AvgIpc) is 3.24. The van der Waals surface area contributed by atoms with Crippen molar-refractivity contribution in [1.29, 1.82) is 0 Å². The molecule has 0 aromatic carbocycles. The predicted octanol–water partition coefficient (Wildman–Crippen LogP) is 3.28. The second kappa shape index (κ2) is 6.72. The number of hydrogen-bond acceptors (Lipinski definition) is 5. The normalized spacial score (nSPS) is 15.7. The van der Waals surface area contributed by atoms with Crippen LogP contribution in [0.5, 0.6) is 0 Å². The number of aromatic nitrogens is 2. The Morgan fingerprint density at radius 2 is 2.12 bits per heavy atom. The summed E-state index contributed by atoms with van der Waals surface area (Å²) >= 11 is 1.46. The zero-order valence-corrected chi connectivity index (χ0v) is 15.7. The zero-order valence-electron chi connectivity index (χ0n) is 14.9. The maximum Gasteiger partial charge on any atom is 0.262 e. The second-order valence-electron chi connectivity index (χ2n) is 6.89. The van der Waals surface area contributed by atoms with Gasteiger partial charge in [-0.15, -0.1) is 11.3 Å². The van der Waals surface area contributed by atoms with Crippen molar-refractivity contribution in [3.8, 4) is 11.3 Å². The van der Waals surface area contributed by atoms with E-state index in [4.69, 9.17) is 4.42 Å². The summed E-state index contributed by atoms with van der Waals surface area (Å²) in [4.78, 5) is 31.6. The van der Waals surface area contributed by atoms with E-state index in [1.54, 1.807) is 17.8 Å². The predicted molar refractivity (Wildman–Crippen MR) is 101 cm³/mol. The van der Waals surface area contributed by atoms with Crippen LogP contribution in [0.4, 0.5) is 0 Å². The minimum atomic E-state index is -0.0192. The molecule has 0 unspecified atom stereocenters. The number of carbonyl (C=O) groups excluding carboxylic acids is 1. The molecule has 0 spiro atoms. The van der Waals surface area contributed by atoms with Gasteiger partial charge in [-0.25, -0.2) is 4.98 Å². The fourth-order valence-corrected chi connectivity index (χ4v) is 4.45. The van der Waals surface area contributed by atoms with Crippen LogP contribution in [0.1, 0.15) is 25.5 Å². The number of rotatable bonds is 3. The SMILES string of the molecule is CC(=O)N1CCC(Cn2cnc3scc(-c4ccc(C)o4)c3c2=O)CC1. The van der Waals surface area contributed by atoms with Gasteiger partial charge in [-0.1, -0.05) is 0 Å². The number of amides is 1. The highest BCUT2D eigenvalue weighted by molar-refractivity contribution is 7.17. The lowest BCUT2D eigenvalue weighted by Gasteiger charge is -2.31. The largest absolute Gasteiger partial charge is 0.461 e. The summed E-state index contributed by atoms with van der Waals surface area (Å²) in [7, 11) is 0. The van der Waals surface area contributed by atoms with Gasteiger partial charge >= 0.3 is 0 Å². The smallest absolute Gasteiger partial charge is 0.262 e.